The van der Waals surface area contributed by atoms with Gasteiger partial charge in [-0.2, -0.15) is 0 Å². The molecule has 0 unspecified atom stereocenters. The molecule has 1 heterocycles. The molecule has 2 aromatic carbocycles. The number of hydrogen-bond donors (Lipinski definition) is 0. The van der Waals surface area contributed by atoms with Crippen molar-refractivity contribution in [2.45, 2.75) is 20.3 Å². The zero-order valence-corrected chi connectivity index (χ0v) is 14.6. The molecule has 116 valence electrons. The van der Waals surface area contributed by atoms with Gasteiger partial charge < -0.3 is 0 Å². The van der Waals surface area contributed by atoms with Crippen molar-refractivity contribution in [3.05, 3.63) is 75.8 Å². The average molecular weight is 342 g/mol. The Morgan fingerprint density at radius 3 is 1.87 bits per heavy atom. The van der Waals surface area contributed by atoms with Crippen molar-refractivity contribution in [1.29, 1.82) is 0 Å². The zero-order chi connectivity index (χ0) is 16.4. The van der Waals surface area contributed by atoms with E-state index in [9.17, 15) is 0 Å². The Hall–Kier alpha value is -1.83. The lowest BCUT2D eigenvalue weighted by Gasteiger charge is -2.13. The molecule has 0 bridgehead atoms. The van der Waals surface area contributed by atoms with Gasteiger partial charge in [0.2, 0.25) is 0 Å². The highest BCUT2D eigenvalue weighted by Gasteiger charge is 2.11. The summed E-state index contributed by atoms with van der Waals surface area (Å²) in [6.07, 6.45) is 0.968. The summed E-state index contributed by atoms with van der Waals surface area (Å²) < 4.78 is 0. The Balaban J connectivity index is 2.17. The smallest absolute Gasteiger partial charge is 0.0741 e. The molecule has 0 N–H and O–H groups in total. The fourth-order valence-corrected chi connectivity index (χ4v) is 2.94. The number of halogens is 2. The number of aryl methyl sites for hydroxylation is 1. The normalized spacial score (nSPS) is 10.8. The van der Waals surface area contributed by atoms with Crippen molar-refractivity contribution in [3.8, 4) is 22.5 Å². The molecular formula is C20H17Cl2N. The quantitative estimate of drug-likeness (QED) is 0.523. The minimum absolute atomic E-state index is 0.731. The van der Waals surface area contributed by atoms with Gasteiger partial charge in [0.05, 0.1) is 11.4 Å². The minimum Gasteiger partial charge on any atom is -0.247 e. The summed E-state index contributed by atoms with van der Waals surface area (Å²) >= 11 is 12.0. The van der Waals surface area contributed by atoms with Crippen LogP contribution in [0.3, 0.4) is 0 Å². The highest BCUT2D eigenvalue weighted by molar-refractivity contribution is 6.30. The van der Waals surface area contributed by atoms with Crippen molar-refractivity contribution in [2.75, 3.05) is 0 Å². The van der Waals surface area contributed by atoms with Crippen LogP contribution in [0.15, 0.2) is 54.6 Å². The van der Waals surface area contributed by atoms with E-state index in [1.165, 1.54) is 11.1 Å². The van der Waals surface area contributed by atoms with E-state index in [0.29, 0.717) is 0 Å². The van der Waals surface area contributed by atoms with Crippen molar-refractivity contribution in [3.63, 3.8) is 0 Å². The molecule has 23 heavy (non-hydrogen) atoms. The van der Waals surface area contributed by atoms with E-state index < -0.39 is 0 Å². The first-order valence-electron chi connectivity index (χ1n) is 7.61. The Kier molecular flexibility index (Phi) is 4.70. The lowest BCUT2D eigenvalue weighted by molar-refractivity contribution is 1.09. The predicted octanol–water partition coefficient (Wildman–Crippen LogP) is 6.59. The fourth-order valence-electron chi connectivity index (χ4n) is 2.69. The predicted molar refractivity (Wildman–Crippen MR) is 99.2 cm³/mol. The van der Waals surface area contributed by atoms with E-state index in [0.717, 1.165) is 39.0 Å². The molecule has 3 aromatic rings. The molecule has 0 aliphatic rings. The van der Waals surface area contributed by atoms with Crippen LogP contribution in [-0.2, 0) is 6.42 Å². The number of nitrogens with zero attached hydrogens (tertiary/aromatic N) is 1. The van der Waals surface area contributed by atoms with Gasteiger partial charge in [0.1, 0.15) is 0 Å². The summed E-state index contributed by atoms with van der Waals surface area (Å²) in [7, 11) is 0. The third-order valence-corrected chi connectivity index (χ3v) is 4.52. The first kappa shape index (κ1) is 16.0. The minimum atomic E-state index is 0.731. The fraction of sp³-hybridized carbons (Fsp3) is 0.150. The van der Waals surface area contributed by atoms with Crippen molar-refractivity contribution < 1.29 is 0 Å². The molecule has 1 aromatic heterocycles. The molecule has 0 atom stereocenters. The lowest BCUT2D eigenvalue weighted by Crippen LogP contribution is -1.97. The van der Waals surface area contributed by atoms with Crippen LogP contribution in [0.25, 0.3) is 22.5 Å². The summed E-state index contributed by atoms with van der Waals surface area (Å²) in [5.74, 6) is 0. The van der Waals surface area contributed by atoms with Crippen LogP contribution in [0.4, 0.5) is 0 Å². The van der Waals surface area contributed by atoms with Gasteiger partial charge in [0.25, 0.3) is 0 Å². The van der Waals surface area contributed by atoms with Crippen LogP contribution in [0.1, 0.15) is 18.1 Å². The van der Waals surface area contributed by atoms with E-state index in [1.54, 1.807) is 0 Å². The van der Waals surface area contributed by atoms with Gasteiger partial charge in [-0.25, -0.2) is 4.98 Å². The molecular weight excluding hydrogens is 325 g/mol. The topological polar surface area (TPSA) is 12.9 Å². The summed E-state index contributed by atoms with van der Waals surface area (Å²) in [5.41, 5.74) is 6.64. The maximum Gasteiger partial charge on any atom is 0.0741 e. The van der Waals surface area contributed by atoms with Crippen LogP contribution in [-0.4, -0.2) is 4.98 Å². The molecule has 0 aliphatic heterocycles. The third-order valence-electron chi connectivity index (χ3n) is 4.02. The maximum atomic E-state index is 6.01. The average Bonchev–Trinajstić information content (AvgIpc) is 2.57. The van der Waals surface area contributed by atoms with E-state index in [4.69, 9.17) is 28.2 Å². The van der Waals surface area contributed by atoms with Gasteiger partial charge in [-0.05, 0) is 54.8 Å². The summed E-state index contributed by atoms with van der Waals surface area (Å²) in [4.78, 5) is 4.89. The van der Waals surface area contributed by atoms with Crippen molar-refractivity contribution in [2.24, 2.45) is 0 Å². The molecule has 0 fully saturated rings. The summed E-state index contributed by atoms with van der Waals surface area (Å²) in [6, 6.07) is 17.8. The second-order valence-electron chi connectivity index (χ2n) is 5.51. The van der Waals surface area contributed by atoms with Gasteiger partial charge in [0.15, 0.2) is 0 Å². The van der Waals surface area contributed by atoms with E-state index in [1.807, 2.05) is 48.5 Å². The third kappa shape index (κ3) is 3.41. The molecule has 0 saturated carbocycles. The standard InChI is InChI=1S/C20H17Cl2N/c1-3-14-12-19(15-4-8-17(21)9-5-15)23-20(13(14)2)16-6-10-18(22)11-7-16/h4-12H,3H2,1-2H3. The molecule has 0 amide bonds. The van der Waals surface area contributed by atoms with Crippen LogP contribution in [0.5, 0.6) is 0 Å². The van der Waals surface area contributed by atoms with Crippen molar-refractivity contribution in [1.82, 2.24) is 4.98 Å². The van der Waals surface area contributed by atoms with Crippen LogP contribution < -0.4 is 0 Å². The number of hydrogen-bond acceptors (Lipinski definition) is 1. The van der Waals surface area contributed by atoms with Crippen LogP contribution in [0, 0.1) is 6.92 Å². The summed E-state index contributed by atoms with van der Waals surface area (Å²) in [5, 5.41) is 1.46. The highest BCUT2D eigenvalue weighted by atomic mass is 35.5. The molecule has 3 heteroatoms. The number of rotatable bonds is 3. The van der Waals surface area contributed by atoms with E-state index >= 15 is 0 Å². The lowest BCUT2D eigenvalue weighted by atomic mass is 9.98. The molecule has 1 nitrogen and oxygen atoms in total. The van der Waals surface area contributed by atoms with Gasteiger partial charge in [-0.15, -0.1) is 0 Å². The first-order chi connectivity index (χ1) is 11.1. The maximum absolute atomic E-state index is 6.01. The zero-order valence-electron chi connectivity index (χ0n) is 13.1. The van der Waals surface area contributed by atoms with Crippen LogP contribution in [0.2, 0.25) is 10.0 Å². The van der Waals surface area contributed by atoms with E-state index in [-0.39, 0.29) is 0 Å². The molecule has 0 saturated heterocycles. The second-order valence-corrected chi connectivity index (χ2v) is 6.38. The second kappa shape index (κ2) is 6.74. The van der Waals surface area contributed by atoms with Crippen LogP contribution >= 0.6 is 23.2 Å². The van der Waals surface area contributed by atoms with Gasteiger partial charge in [0, 0.05) is 21.2 Å². The number of benzene rings is 2. The SMILES string of the molecule is CCc1cc(-c2ccc(Cl)cc2)nc(-c2ccc(Cl)cc2)c1C. The van der Waals surface area contributed by atoms with E-state index in [2.05, 4.69) is 19.9 Å². The Bertz CT molecular complexity index is 822. The van der Waals surface area contributed by atoms with Gasteiger partial charge in [-0.1, -0.05) is 54.4 Å². The molecule has 0 radical (unpaired) electrons. The van der Waals surface area contributed by atoms with Gasteiger partial charge in [-0.3, -0.25) is 0 Å². The summed E-state index contributed by atoms with van der Waals surface area (Å²) in [6.45, 7) is 4.29. The molecule has 3 rings (SSSR count). The Labute approximate surface area is 146 Å². The monoisotopic (exact) mass is 341 g/mol. The Morgan fingerprint density at radius 1 is 0.826 bits per heavy atom. The largest absolute Gasteiger partial charge is 0.247 e. The highest BCUT2D eigenvalue weighted by Crippen LogP contribution is 2.30. The Morgan fingerprint density at radius 2 is 1.35 bits per heavy atom. The van der Waals surface area contributed by atoms with Crippen molar-refractivity contribution >= 4 is 23.2 Å². The van der Waals surface area contributed by atoms with Gasteiger partial charge >= 0.3 is 0 Å². The number of pyridine rings is 1. The number of aromatic nitrogens is 1. The molecule has 0 spiro atoms. The molecule has 0 aliphatic carbocycles. The first-order valence-corrected chi connectivity index (χ1v) is 8.36.